The molecule has 12 nitrogen and oxygen atoms in total. The molecule has 0 bridgehead atoms. The first-order valence-electron chi connectivity index (χ1n) is 16.6. The van der Waals surface area contributed by atoms with E-state index < -0.39 is 20.7 Å². The molecule has 0 atom stereocenters. The van der Waals surface area contributed by atoms with Crippen molar-refractivity contribution in [2.24, 2.45) is 0 Å². The molecule has 2 aliphatic carbocycles. The zero-order valence-corrected chi connectivity index (χ0v) is 35.3. The van der Waals surface area contributed by atoms with Crippen LogP contribution in [0.25, 0.3) is 32.5 Å². The lowest BCUT2D eigenvalue weighted by Crippen LogP contribution is -2.08. The maximum Gasteiger partial charge on any atom is 0.425 e. The molecule has 56 heavy (non-hydrogen) atoms. The number of ketones is 2. The van der Waals surface area contributed by atoms with Gasteiger partial charge < -0.3 is 0 Å². The van der Waals surface area contributed by atoms with Crippen LogP contribution in [0.5, 0.6) is 0 Å². The van der Waals surface area contributed by atoms with Crippen LogP contribution in [0, 0.1) is 13.8 Å². The minimum absolute atomic E-state index is 0.102. The van der Waals surface area contributed by atoms with Crippen molar-refractivity contribution in [3.63, 3.8) is 0 Å². The molecule has 0 fully saturated rings. The Morgan fingerprint density at radius 3 is 1.71 bits per heavy atom. The predicted octanol–water partition coefficient (Wildman–Crippen LogP) is 9.42. The second kappa shape index (κ2) is 15.6. The molecule has 4 aromatic heterocycles. The minimum Gasteiger partial charge on any atom is -0.292 e. The van der Waals surface area contributed by atoms with Crippen molar-refractivity contribution >= 4 is 101 Å². The number of benzene rings is 2. The van der Waals surface area contributed by atoms with Gasteiger partial charge in [-0.25, -0.2) is 9.36 Å². The smallest absolute Gasteiger partial charge is 0.292 e. The summed E-state index contributed by atoms with van der Waals surface area (Å²) in [5, 5.41) is 11.1. The fourth-order valence-corrected chi connectivity index (χ4v) is 11.7. The molecule has 0 unspecified atom stereocenters. The maximum atomic E-state index is 13.8. The van der Waals surface area contributed by atoms with Crippen LogP contribution >= 0.6 is 69.1 Å². The molecule has 4 heterocycles. The molecule has 0 saturated carbocycles. The van der Waals surface area contributed by atoms with Crippen molar-refractivity contribution in [2.75, 3.05) is 0 Å². The molecule has 0 radical (unpaired) electrons. The number of aromatic nitrogens is 4. The van der Waals surface area contributed by atoms with E-state index in [1.54, 1.807) is 64.0 Å². The van der Waals surface area contributed by atoms with Crippen LogP contribution in [0.4, 0.5) is 0 Å². The van der Waals surface area contributed by atoms with E-state index in [2.05, 4.69) is 13.0 Å². The Balaban J connectivity index is 0.00000115. The average molecular weight is 913 g/mol. The van der Waals surface area contributed by atoms with E-state index in [-0.39, 0.29) is 41.4 Å². The van der Waals surface area contributed by atoms with E-state index in [9.17, 15) is 22.6 Å². The van der Waals surface area contributed by atoms with Gasteiger partial charge in [0.1, 0.15) is 16.3 Å². The first kappa shape index (κ1) is 40.5. The van der Waals surface area contributed by atoms with Gasteiger partial charge in [0.25, 0.3) is 10.1 Å². The van der Waals surface area contributed by atoms with E-state index in [0.29, 0.717) is 83.0 Å². The molecule has 8 rings (SSSR count). The van der Waals surface area contributed by atoms with Gasteiger partial charge in [0.05, 0.1) is 42.6 Å². The lowest BCUT2D eigenvalue weighted by atomic mass is 10.0. The molecule has 0 aliphatic heterocycles. The summed E-state index contributed by atoms with van der Waals surface area (Å²) in [4.78, 5) is 30.6. The summed E-state index contributed by atoms with van der Waals surface area (Å²) in [6.07, 6.45) is 1.82. The first-order valence-corrected chi connectivity index (χ1v) is 22.2. The number of thiophene rings is 2. The number of hydrogen-bond donors (Lipinski definition) is 1. The van der Waals surface area contributed by atoms with Gasteiger partial charge >= 0.3 is 10.6 Å². The van der Waals surface area contributed by atoms with Crippen molar-refractivity contribution in [2.45, 2.75) is 57.3 Å². The Bertz CT molecular complexity index is 2870. The fourth-order valence-electron chi connectivity index (χ4n) is 7.14. The lowest BCUT2D eigenvalue weighted by Gasteiger charge is -2.08. The van der Waals surface area contributed by atoms with Gasteiger partial charge in [-0.1, -0.05) is 46.4 Å². The van der Waals surface area contributed by atoms with Gasteiger partial charge in [0, 0.05) is 56.6 Å². The molecule has 2 aliphatic rings. The Labute approximate surface area is 349 Å². The van der Waals surface area contributed by atoms with E-state index in [1.165, 1.54) is 16.2 Å². The van der Waals surface area contributed by atoms with E-state index in [1.807, 2.05) is 0 Å². The lowest BCUT2D eigenvalue weighted by molar-refractivity contribution is 0.0948. The number of halogens is 4. The van der Waals surface area contributed by atoms with Gasteiger partial charge in [-0.15, -0.1) is 35.3 Å². The summed E-state index contributed by atoms with van der Waals surface area (Å²) in [7, 11) is -7.63. The highest BCUT2D eigenvalue weighted by molar-refractivity contribution is 7.86. The van der Waals surface area contributed by atoms with E-state index in [4.69, 9.17) is 69.2 Å². The van der Waals surface area contributed by atoms with Crippen LogP contribution in [0.2, 0.25) is 20.1 Å². The normalized spacial score (nSPS) is 12.5. The SMILES string of the molecule is Cc1cc2c(s1)-c1c(c(C(=O)CCCCC(=O)c3nn(-c4ccc(Cl)cc4Cl)c4c3Cc3c-4sc(C)c3S(=O)(=O)O)nn1-c1ccc(Cl)cc1Cl)C2.O=S(=O)=O. The van der Waals surface area contributed by atoms with Crippen molar-refractivity contribution in [1.29, 1.82) is 0 Å². The van der Waals surface area contributed by atoms with Crippen LogP contribution < -0.4 is 0 Å². The van der Waals surface area contributed by atoms with Crippen molar-refractivity contribution in [1.82, 2.24) is 19.6 Å². The molecule has 2 aromatic carbocycles. The van der Waals surface area contributed by atoms with E-state index in [0.717, 1.165) is 21.7 Å². The molecule has 20 heteroatoms. The molecule has 0 saturated heterocycles. The summed E-state index contributed by atoms with van der Waals surface area (Å²) < 4.78 is 63.4. The maximum absolute atomic E-state index is 13.8. The van der Waals surface area contributed by atoms with Crippen molar-refractivity contribution in [3.8, 4) is 32.5 Å². The van der Waals surface area contributed by atoms with Crippen molar-refractivity contribution < 1.29 is 35.2 Å². The monoisotopic (exact) mass is 910 g/mol. The van der Waals surface area contributed by atoms with Crippen LogP contribution in [-0.2, 0) is 33.6 Å². The Morgan fingerprint density at radius 2 is 1.23 bits per heavy atom. The number of hydrogen-bond acceptors (Lipinski definition) is 11. The van der Waals surface area contributed by atoms with Gasteiger partial charge in [-0.3, -0.25) is 14.1 Å². The minimum atomic E-state index is -4.52. The molecule has 6 aromatic rings. The number of carbonyl (C=O) groups excluding carboxylic acids is 2. The molecular weight excluding hydrogens is 886 g/mol. The first-order chi connectivity index (χ1) is 26.4. The highest BCUT2D eigenvalue weighted by atomic mass is 35.5. The number of carbonyl (C=O) groups is 2. The van der Waals surface area contributed by atoms with Crippen LogP contribution in [0.3, 0.4) is 0 Å². The zero-order valence-electron chi connectivity index (χ0n) is 29.0. The van der Waals surface area contributed by atoms with Crippen LogP contribution in [0.1, 0.15) is 78.7 Å². The number of Topliss-reactive ketones (excluding diaryl/α,β-unsaturated/α-hetero) is 2. The third-order valence-electron chi connectivity index (χ3n) is 9.29. The second-order valence-electron chi connectivity index (χ2n) is 13.0. The summed E-state index contributed by atoms with van der Waals surface area (Å²) in [6.45, 7) is 3.68. The molecule has 1 N–H and O–H groups in total. The summed E-state index contributed by atoms with van der Waals surface area (Å²) in [6, 6.07) is 12.2. The standard InChI is InChI=1S/C36H26Cl4N4O5S3.O3S/c1-16-11-18-12-21-30(41-43(32(21)34(18)50-16)26-9-7-19(37)13-24(26)39)28(45)5-3-4-6-29(46)31-22-15-23-35(51-17(2)36(23)52(47,48)49)33(22)44(42-31)27-10-8-20(38)14-25(27)40;1-4(2)3/h7-11,13-14H,3-6,12,15H2,1-2H3,(H,47,48,49);. The number of aryl methyl sites for hydroxylation is 2. The van der Waals surface area contributed by atoms with Gasteiger partial charge in [0.15, 0.2) is 11.6 Å². The highest BCUT2D eigenvalue weighted by Gasteiger charge is 2.38. The van der Waals surface area contributed by atoms with Crippen molar-refractivity contribution in [3.05, 3.63) is 106 Å². The third kappa shape index (κ3) is 7.54. The summed E-state index contributed by atoms with van der Waals surface area (Å²) in [5.74, 6) is -0.380. The third-order valence-corrected chi connectivity index (χ3v) is 13.8. The molecule has 290 valence electrons. The molecule has 0 amide bonds. The zero-order chi connectivity index (χ0) is 40.4. The Morgan fingerprint density at radius 1 is 0.750 bits per heavy atom. The average Bonchev–Trinajstić information content (AvgIpc) is 3.92. The molecular formula is C36H26Cl4N4O8S4. The second-order valence-corrected chi connectivity index (χ2v) is 18.9. The molecule has 0 spiro atoms. The van der Waals surface area contributed by atoms with Gasteiger partial charge in [-0.2, -0.15) is 18.6 Å². The number of unbranched alkanes of at least 4 members (excludes halogenated alkanes) is 1. The predicted molar refractivity (Wildman–Crippen MR) is 216 cm³/mol. The van der Waals surface area contributed by atoms with Crippen LogP contribution in [-0.4, -0.2) is 56.7 Å². The highest BCUT2D eigenvalue weighted by Crippen LogP contribution is 2.49. The largest absolute Gasteiger partial charge is 0.425 e. The number of fused-ring (bicyclic) bond motifs is 6. The Kier molecular flexibility index (Phi) is 11.3. The summed E-state index contributed by atoms with van der Waals surface area (Å²) >= 11 is 28.4. The van der Waals surface area contributed by atoms with Crippen LogP contribution in [0.15, 0.2) is 47.4 Å². The topological polar surface area (TPSA) is 175 Å². The van der Waals surface area contributed by atoms with Gasteiger partial charge in [0.2, 0.25) is 0 Å². The number of rotatable bonds is 10. The number of nitrogens with zero attached hydrogens (tertiary/aromatic N) is 4. The fraction of sp³-hybridized carbons (Fsp3) is 0.222. The van der Waals surface area contributed by atoms with E-state index >= 15 is 0 Å². The Hall–Kier alpha value is -3.71. The van der Waals surface area contributed by atoms with Gasteiger partial charge in [-0.05, 0) is 80.3 Å². The quantitative estimate of drug-likeness (QED) is 0.0791. The summed E-state index contributed by atoms with van der Waals surface area (Å²) in [5.41, 5.74) is 6.08.